The molecule has 0 bridgehead atoms. The molecule has 0 aliphatic heterocycles. The van der Waals surface area contributed by atoms with E-state index < -0.39 is 16.6 Å². The summed E-state index contributed by atoms with van der Waals surface area (Å²) in [7, 11) is 0. The zero-order valence-corrected chi connectivity index (χ0v) is 10.6. The lowest BCUT2D eigenvalue weighted by molar-refractivity contribution is -0.385. The quantitative estimate of drug-likeness (QED) is 0.658. The topological polar surface area (TPSA) is 116 Å². The number of hydrogen-bond acceptors (Lipinski definition) is 5. The molecule has 2 aromatic rings. The van der Waals surface area contributed by atoms with Gasteiger partial charge in [0, 0.05) is 11.8 Å². The van der Waals surface area contributed by atoms with Gasteiger partial charge in [0.1, 0.15) is 11.6 Å². The standard InChI is InChI=1S/C14H9N3O4/c15-8-9-3-1-2-4-12(9)16-10-5-6-11(14(18)19)13(7-10)17(20)21/h1-7,16H,(H,18,19). The number of nitrogens with zero attached hydrogens (tertiary/aromatic N) is 2. The van der Waals surface area contributed by atoms with Crippen molar-refractivity contribution in [3.8, 4) is 6.07 Å². The highest BCUT2D eigenvalue weighted by molar-refractivity contribution is 5.93. The van der Waals surface area contributed by atoms with Crippen molar-refractivity contribution in [2.45, 2.75) is 0 Å². The fourth-order valence-corrected chi connectivity index (χ4v) is 1.79. The van der Waals surface area contributed by atoms with Crippen molar-refractivity contribution in [2.24, 2.45) is 0 Å². The van der Waals surface area contributed by atoms with Gasteiger partial charge in [-0.1, -0.05) is 12.1 Å². The first-order valence-corrected chi connectivity index (χ1v) is 5.81. The van der Waals surface area contributed by atoms with Crippen LogP contribution in [0.1, 0.15) is 15.9 Å². The van der Waals surface area contributed by atoms with Crippen molar-refractivity contribution in [2.75, 3.05) is 5.32 Å². The summed E-state index contributed by atoms with van der Waals surface area (Å²) in [4.78, 5) is 21.1. The normalized spacial score (nSPS) is 9.67. The highest BCUT2D eigenvalue weighted by Crippen LogP contribution is 2.26. The Balaban J connectivity index is 2.42. The molecule has 104 valence electrons. The van der Waals surface area contributed by atoms with Crippen LogP contribution in [-0.4, -0.2) is 16.0 Å². The second kappa shape index (κ2) is 5.71. The highest BCUT2D eigenvalue weighted by atomic mass is 16.6. The van der Waals surface area contributed by atoms with Crippen molar-refractivity contribution in [3.63, 3.8) is 0 Å². The number of benzene rings is 2. The Hall–Kier alpha value is -3.40. The Labute approximate surface area is 119 Å². The van der Waals surface area contributed by atoms with E-state index in [4.69, 9.17) is 10.4 Å². The average Bonchev–Trinajstić information content (AvgIpc) is 2.47. The fraction of sp³-hybridized carbons (Fsp3) is 0. The van der Waals surface area contributed by atoms with Crippen molar-refractivity contribution >= 4 is 23.0 Å². The molecule has 0 aliphatic rings. The number of hydrogen-bond donors (Lipinski definition) is 2. The number of nitro benzene ring substituents is 1. The Morgan fingerprint density at radius 3 is 2.62 bits per heavy atom. The first-order valence-electron chi connectivity index (χ1n) is 5.81. The lowest BCUT2D eigenvalue weighted by Gasteiger charge is -2.08. The van der Waals surface area contributed by atoms with E-state index in [9.17, 15) is 14.9 Å². The summed E-state index contributed by atoms with van der Waals surface area (Å²) in [5.74, 6) is -1.37. The van der Waals surface area contributed by atoms with Gasteiger partial charge in [0.15, 0.2) is 0 Å². The average molecular weight is 283 g/mol. The van der Waals surface area contributed by atoms with Crippen molar-refractivity contribution < 1.29 is 14.8 Å². The summed E-state index contributed by atoms with van der Waals surface area (Å²) < 4.78 is 0. The number of para-hydroxylation sites is 1. The molecule has 0 atom stereocenters. The number of nitriles is 1. The Kier molecular flexibility index (Phi) is 3.81. The predicted molar refractivity (Wildman–Crippen MR) is 74.5 cm³/mol. The van der Waals surface area contributed by atoms with Gasteiger partial charge >= 0.3 is 5.97 Å². The maximum Gasteiger partial charge on any atom is 0.342 e. The van der Waals surface area contributed by atoms with Crippen LogP contribution in [0.2, 0.25) is 0 Å². The highest BCUT2D eigenvalue weighted by Gasteiger charge is 2.20. The summed E-state index contributed by atoms with van der Waals surface area (Å²) in [6, 6.07) is 12.3. The van der Waals surface area contributed by atoms with E-state index in [-0.39, 0.29) is 5.56 Å². The molecule has 0 aliphatic carbocycles. The largest absolute Gasteiger partial charge is 0.477 e. The van der Waals surface area contributed by atoms with E-state index in [1.54, 1.807) is 24.3 Å². The zero-order valence-electron chi connectivity index (χ0n) is 10.6. The van der Waals surface area contributed by atoms with Gasteiger partial charge in [0.25, 0.3) is 5.69 Å². The van der Waals surface area contributed by atoms with E-state index in [1.807, 2.05) is 6.07 Å². The van der Waals surface area contributed by atoms with Crippen LogP contribution in [0.5, 0.6) is 0 Å². The fourth-order valence-electron chi connectivity index (χ4n) is 1.79. The lowest BCUT2D eigenvalue weighted by Crippen LogP contribution is -2.03. The van der Waals surface area contributed by atoms with Crippen LogP contribution in [0.25, 0.3) is 0 Å². The molecule has 7 nitrogen and oxygen atoms in total. The zero-order chi connectivity index (χ0) is 15.4. The lowest BCUT2D eigenvalue weighted by atomic mass is 10.1. The van der Waals surface area contributed by atoms with E-state index in [0.717, 1.165) is 12.1 Å². The Bertz CT molecular complexity index is 765. The SMILES string of the molecule is N#Cc1ccccc1Nc1ccc(C(=O)O)c([N+](=O)[O-])c1. The predicted octanol–water partition coefficient (Wildman–Crippen LogP) is 2.91. The molecule has 21 heavy (non-hydrogen) atoms. The summed E-state index contributed by atoms with van der Waals surface area (Å²) in [6.45, 7) is 0. The third kappa shape index (κ3) is 2.96. The summed E-state index contributed by atoms with van der Waals surface area (Å²) in [5.41, 5.74) is 0.287. The van der Waals surface area contributed by atoms with Crippen molar-refractivity contribution in [3.05, 3.63) is 63.7 Å². The summed E-state index contributed by atoms with van der Waals surface area (Å²) in [5, 5.41) is 31.7. The van der Waals surface area contributed by atoms with Crippen LogP contribution in [0.3, 0.4) is 0 Å². The van der Waals surface area contributed by atoms with Crippen LogP contribution in [0.15, 0.2) is 42.5 Å². The molecule has 2 rings (SSSR count). The summed E-state index contributed by atoms with van der Waals surface area (Å²) >= 11 is 0. The summed E-state index contributed by atoms with van der Waals surface area (Å²) in [6.07, 6.45) is 0. The van der Waals surface area contributed by atoms with Crippen molar-refractivity contribution in [1.29, 1.82) is 5.26 Å². The second-order valence-corrected chi connectivity index (χ2v) is 4.08. The number of nitro groups is 1. The van der Waals surface area contributed by atoms with E-state index in [1.165, 1.54) is 6.07 Å². The first kappa shape index (κ1) is 14.0. The van der Waals surface area contributed by atoms with Gasteiger partial charge in [-0.15, -0.1) is 0 Å². The number of aromatic carboxylic acids is 1. The van der Waals surface area contributed by atoms with Crippen LogP contribution >= 0.6 is 0 Å². The van der Waals surface area contributed by atoms with Gasteiger partial charge in [-0.25, -0.2) is 4.79 Å². The van der Waals surface area contributed by atoms with Gasteiger partial charge < -0.3 is 10.4 Å². The minimum absolute atomic E-state index is 0.328. The van der Waals surface area contributed by atoms with Gasteiger partial charge in [0.2, 0.25) is 0 Å². The molecule has 2 aromatic carbocycles. The Morgan fingerprint density at radius 2 is 2.00 bits per heavy atom. The van der Waals surface area contributed by atoms with E-state index in [2.05, 4.69) is 5.32 Å². The molecular formula is C14H9N3O4. The van der Waals surface area contributed by atoms with Gasteiger partial charge in [-0.2, -0.15) is 5.26 Å². The van der Waals surface area contributed by atoms with Crippen LogP contribution < -0.4 is 5.32 Å². The molecule has 0 saturated carbocycles. The molecule has 0 saturated heterocycles. The number of carboxylic acid groups (broad SMARTS) is 1. The van der Waals surface area contributed by atoms with E-state index >= 15 is 0 Å². The minimum Gasteiger partial charge on any atom is -0.477 e. The molecule has 0 heterocycles. The number of rotatable bonds is 4. The van der Waals surface area contributed by atoms with Crippen molar-refractivity contribution in [1.82, 2.24) is 0 Å². The van der Waals surface area contributed by atoms with Crippen LogP contribution in [0.4, 0.5) is 17.1 Å². The minimum atomic E-state index is -1.37. The molecule has 0 unspecified atom stereocenters. The van der Waals surface area contributed by atoms with E-state index in [0.29, 0.717) is 16.9 Å². The van der Waals surface area contributed by atoms with Crippen LogP contribution in [-0.2, 0) is 0 Å². The molecule has 7 heteroatoms. The third-order valence-corrected chi connectivity index (χ3v) is 2.75. The first-order chi connectivity index (χ1) is 10.0. The molecular weight excluding hydrogens is 274 g/mol. The van der Waals surface area contributed by atoms with Crippen LogP contribution in [0, 0.1) is 21.4 Å². The molecule has 2 N–H and O–H groups in total. The molecule has 0 spiro atoms. The molecule has 0 fully saturated rings. The molecule has 0 aromatic heterocycles. The smallest absolute Gasteiger partial charge is 0.342 e. The maximum absolute atomic E-state index is 10.9. The van der Waals surface area contributed by atoms with Gasteiger partial charge in [-0.05, 0) is 24.3 Å². The number of carbonyl (C=O) groups is 1. The number of carboxylic acids is 1. The number of nitrogens with one attached hydrogen (secondary N) is 1. The number of anilines is 2. The second-order valence-electron chi connectivity index (χ2n) is 4.08. The maximum atomic E-state index is 10.9. The monoisotopic (exact) mass is 283 g/mol. The molecule has 0 radical (unpaired) electrons. The Morgan fingerprint density at radius 1 is 1.29 bits per heavy atom. The van der Waals surface area contributed by atoms with Gasteiger partial charge in [-0.3, -0.25) is 10.1 Å². The molecule has 0 amide bonds. The van der Waals surface area contributed by atoms with Gasteiger partial charge in [0.05, 0.1) is 16.2 Å². The third-order valence-electron chi connectivity index (χ3n) is 2.75.